The largest absolute Gasteiger partial charge is 0.350 e. The van der Waals surface area contributed by atoms with Gasteiger partial charge < -0.3 is 5.32 Å². The summed E-state index contributed by atoms with van der Waals surface area (Å²) in [6.07, 6.45) is 6.29. The third kappa shape index (κ3) is 2.88. The predicted molar refractivity (Wildman–Crippen MR) is 85.7 cm³/mol. The molecule has 1 aromatic carbocycles. The maximum absolute atomic E-state index is 12.5. The van der Waals surface area contributed by atoms with Crippen LogP contribution in [0, 0.1) is 5.41 Å². The van der Waals surface area contributed by atoms with Crippen LogP contribution in [-0.4, -0.2) is 23.3 Å². The van der Waals surface area contributed by atoms with Crippen molar-refractivity contribution in [1.82, 2.24) is 10.3 Å². The van der Waals surface area contributed by atoms with Gasteiger partial charge in [0.25, 0.3) is 5.91 Å². The molecule has 0 aliphatic heterocycles. The van der Waals surface area contributed by atoms with Crippen LogP contribution in [0.4, 0.5) is 0 Å². The number of amides is 1. The summed E-state index contributed by atoms with van der Waals surface area (Å²) >= 11 is 6.12. The highest BCUT2D eigenvalue weighted by molar-refractivity contribution is 6.18. The van der Waals surface area contributed by atoms with E-state index in [1.165, 1.54) is 12.8 Å². The maximum atomic E-state index is 12.5. The molecule has 1 aromatic heterocycles. The molecule has 3 rings (SSSR count). The van der Waals surface area contributed by atoms with E-state index >= 15 is 0 Å². The second kappa shape index (κ2) is 6.02. The summed E-state index contributed by atoms with van der Waals surface area (Å²) in [6, 6.07) is 9.74. The van der Waals surface area contributed by atoms with Crippen LogP contribution in [-0.2, 0) is 0 Å². The monoisotopic (exact) mass is 302 g/mol. The summed E-state index contributed by atoms with van der Waals surface area (Å²) in [5.74, 6) is 0.499. The van der Waals surface area contributed by atoms with Gasteiger partial charge >= 0.3 is 0 Å². The van der Waals surface area contributed by atoms with Gasteiger partial charge in [-0.25, -0.2) is 0 Å². The molecule has 1 aliphatic carbocycles. The zero-order valence-corrected chi connectivity index (χ0v) is 12.7. The summed E-state index contributed by atoms with van der Waals surface area (Å²) in [5, 5.41) is 4.96. The minimum atomic E-state index is -0.108. The number of aromatic nitrogens is 1. The average molecular weight is 303 g/mol. The van der Waals surface area contributed by atoms with Crippen LogP contribution in [0.15, 0.2) is 36.5 Å². The highest BCUT2D eigenvalue weighted by atomic mass is 35.5. The number of nitrogens with one attached hydrogen (secondary N) is 1. The Morgan fingerprint density at radius 2 is 2.00 bits per heavy atom. The van der Waals surface area contributed by atoms with E-state index in [2.05, 4.69) is 10.3 Å². The Kier molecular flexibility index (Phi) is 4.11. The Morgan fingerprint density at radius 1 is 1.24 bits per heavy atom. The molecule has 0 bridgehead atoms. The second-order valence-corrected chi connectivity index (χ2v) is 6.17. The van der Waals surface area contributed by atoms with E-state index in [1.807, 2.05) is 30.3 Å². The summed E-state index contributed by atoms with van der Waals surface area (Å²) in [5.41, 5.74) is 0.567. The van der Waals surface area contributed by atoms with Crippen LogP contribution in [0.5, 0.6) is 0 Å². The molecule has 0 saturated heterocycles. The summed E-state index contributed by atoms with van der Waals surface area (Å²) in [4.78, 5) is 16.7. The van der Waals surface area contributed by atoms with E-state index in [9.17, 15) is 4.79 Å². The highest BCUT2D eigenvalue weighted by Crippen LogP contribution is 2.38. The van der Waals surface area contributed by atoms with Gasteiger partial charge in [0.05, 0.1) is 0 Å². The van der Waals surface area contributed by atoms with Crippen molar-refractivity contribution in [3.05, 3.63) is 42.2 Å². The average Bonchev–Trinajstić information content (AvgIpc) is 3.01. The fourth-order valence-electron chi connectivity index (χ4n) is 3.13. The number of pyridine rings is 1. The molecule has 0 unspecified atom stereocenters. The van der Waals surface area contributed by atoms with Crippen LogP contribution in [0.2, 0.25) is 0 Å². The van der Waals surface area contributed by atoms with Gasteiger partial charge in [0.1, 0.15) is 5.69 Å². The molecule has 0 atom stereocenters. The van der Waals surface area contributed by atoms with E-state index in [0.717, 1.165) is 23.6 Å². The number of alkyl halides is 1. The Balaban J connectivity index is 1.78. The molecule has 110 valence electrons. The van der Waals surface area contributed by atoms with E-state index < -0.39 is 0 Å². The van der Waals surface area contributed by atoms with Crippen molar-refractivity contribution in [3.8, 4) is 0 Å². The quantitative estimate of drug-likeness (QED) is 0.874. The lowest BCUT2D eigenvalue weighted by atomic mass is 9.88. The molecule has 4 heteroatoms. The minimum Gasteiger partial charge on any atom is -0.350 e. The minimum absolute atomic E-state index is 0.0712. The molecule has 3 nitrogen and oxygen atoms in total. The molecule has 0 spiro atoms. The molecule has 1 heterocycles. The maximum Gasteiger partial charge on any atom is 0.270 e. The summed E-state index contributed by atoms with van der Waals surface area (Å²) < 4.78 is 0. The Hall–Kier alpha value is -1.61. The Morgan fingerprint density at radius 3 is 2.76 bits per heavy atom. The van der Waals surface area contributed by atoms with E-state index in [0.29, 0.717) is 18.1 Å². The number of hydrogen-bond acceptors (Lipinski definition) is 2. The van der Waals surface area contributed by atoms with Crippen molar-refractivity contribution in [1.29, 1.82) is 0 Å². The van der Waals surface area contributed by atoms with Crippen LogP contribution in [0.3, 0.4) is 0 Å². The number of nitrogens with zero attached hydrogens (tertiary/aromatic N) is 1. The third-order valence-corrected chi connectivity index (χ3v) is 5.03. The normalized spacial score (nSPS) is 17.0. The molecule has 2 aromatic rings. The van der Waals surface area contributed by atoms with E-state index in [4.69, 9.17) is 11.6 Å². The highest BCUT2D eigenvalue weighted by Gasteiger charge is 2.33. The van der Waals surface area contributed by atoms with Gasteiger partial charge in [0.15, 0.2) is 0 Å². The molecule has 0 radical (unpaired) electrons. The SMILES string of the molecule is O=C(NCC1(CCl)CCCC1)c1nccc2ccccc12. The summed E-state index contributed by atoms with van der Waals surface area (Å²) in [7, 11) is 0. The molecule has 1 saturated carbocycles. The number of halogens is 1. The fraction of sp³-hybridized carbons (Fsp3) is 0.412. The Bertz CT molecular complexity index is 645. The van der Waals surface area contributed by atoms with Gasteiger partial charge in [0.2, 0.25) is 0 Å². The molecular formula is C17H19ClN2O. The second-order valence-electron chi connectivity index (χ2n) is 5.90. The van der Waals surface area contributed by atoms with Crippen molar-refractivity contribution in [3.63, 3.8) is 0 Å². The van der Waals surface area contributed by atoms with Crippen molar-refractivity contribution in [2.75, 3.05) is 12.4 Å². The van der Waals surface area contributed by atoms with Crippen molar-refractivity contribution in [2.24, 2.45) is 5.41 Å². The van der Waals surface area contributed by atoms with Crippen LogP contribution >= 0.6 is 11.6 Å². The molecule has 1 fully saturated rings. The number of rotatable bonds is 4. The number of fused-ring (bicyclic) bond motifs is 1. The lowest BCUT2D eigenvalue weighted by Crippen LogP contribution is -2.37. The molecule has 1 aliphatic rings. The lowest BCUT2D eigenvalue weighted by Gasteiger charge is -2.26. The smallest absolute Gasteiger partial charge is 0.270 e. The van der Waals surface area contributed by atoms with Crippen LogP contribution in [0.25, 0.3) is 10.8 Å². The van der Waals surface area contributed by atoms with Gasteiger partial charge in [-0.3, -0.25) is 9.78 Å². The van der Waals surface area contributed by atoms with Gasteiger partial charge in [-0.1, -0.05) is 37.1 Å². The first-order valence-electron chi connectivity index (χ1n) is 7.42. The first-order valence-corrected chi connectivity index (χ1v) is 7.95. The Labute approximate surface area is 129 Å². The molecule has 1 N–H and O–H groups in total. The number of benzene rings is 1. The van der Waals surface area contributed by atoms with Gasteiger partial charge in [-0.15, -0.1) is 11.6 Å². The van der Waals surface area contributed by atoms with E-state index in [-0.39, 0.29) is 11.3 Å². The number of carbonyl (C=O) groups is 1. The van der Waals surface area contributed by atoms with Gasteiger partial charge in [-0.05, 0) is 24.3 Å². The standard InChI is InChI=1S/C17H19ClN2O/c18-11-17(8-3-4-9-17)12-20-16(21)15-14-6-2-1-5-13(14)7-10-19-15/h1-2,5-7,10H,3-4,8-9,11-12H2,(H,20,21). The third-order valence-electron chi connectivity index (χ3n) is 4.46. The van der Waals surface area contributed by atoms with Gasteiger partial charge in [-0.2, -0.15) is 0 Å². The zero-order valence-electron chi connectivity index (χ0n) is 11.9. The van der Waals surface area contributed by atoms with Crippen molar-refractivity contribution >= 4 is 28.3 Å². The number of carbonyl (C=O) groups excluding carboxylic acids is 1. The van der Waals surface area contributed by atoms with Gasteiger partial charge in [0, 0.05) is 29.4 Å². The van der Waals surface area contributed by atoms with Crippen molar-refractivity contribution in [2.45, 2.75) is 25.7 Å². The molecular weight excluding hydrogens is 284 g/mol. The van der Waals surface area contributed by atoms with Crippen LogP contribution in [0.1, 0.15) is 36.2 Å². The molecule has 1 amide bonds. The van der Waals surface area contributed by atoms with Crippen molar-refractivity contribution < 1.29 is 4.79 Å². The zero-order chi connectivity index (χ0) is 14.7. The summed E-state index contributed by atoms with van der Waals surface area (Å²) in [6.45, 7) is 0.639. The molecule has 21 heavy (non-hydrogen) atoms. The van der Waals surface area contributed by atoms with Crippen LogP contribution < -0.4 is 5.32 Å². The van der Waals surface area contributed by atoms with E-state index in [1.54, 1.807) is 6.20 Å². The number of hydrogen-bond donors (Lipinski definition) is 1. The first kappa shape index (κ1) is 14.3. The topological polar surface area (TPSA) is 42.0 Å². The fourth-order valence-corrected chi connectivity index (χ4v) is 3.50. The lowest BCUT2D eigenvalue weighted by molar-refractivity contribution is 0.0932. The first-order chi connectivity index (χ1) is 10.2. The predicted octanol–water partition coefficient (Wildman–Crippen LogP) is 3.76.